The average molecular weight is 598 g/mol. The molecule has 1 aliphatic rings. The third-order valence-electron chi connectivity index (χ3n) is 6.45. The van der Waals surface area contributed by atoms with Gasteiger partial charge in [-0.1, -0.05) is 0 Å². The molecule has 0 saturated carbocycles. The predicted molar refractivity (Wildman–Crippen MR) is 162 cm³/mol. The number of aromatic nitrogens is 5. The summed E-state index contributed by atoms with van der Waals surface area (Å²) in [5, 5.41) is 15.2. The van der Waals surface area contributed by atoms with Crippen LogP contribution in [0.15, 0.2) is 67.5 Å². The second kappa shape index (κ2) is 12.7. The van der Waals surface area contributed by atoms with Crippen molar-refractivity contribution in [1.29, 1.82) is 0 Å². The Kier molecular flexibility index (Phi) is 8.60. The van der Waals surface area contributed by atoms with Crippen LogP contribution in [-0.2, 0) is 4.74 Å². The van der Waals surface area contributed by atoms with Gasteiger partial charge in [0.1, 0.15) is 23.1 Å². The zero-order chi connectivity index (χ0) is 31.3. The fourth-order valence-electron chi connectivity index (χ4n) is 4.39. The second-order valence-electron chi connectivity index (χ2n) is 10.9. The van der Waals surface area contributed by atoms with Crippen LogP contribution in [0.25, 0.3) is 11.3 Å². The van der Waals surface area contributed by atoms with E-state index in [-0.39, 0.29) is 17.2 Å². The molecule has 2 amide bonds. The second-order valence-corrected chi connectivity index (χ2v) is 10.9. The van der Waals surface area contributed by atoms with E-state index < -0.39 is 17.5 Å². The number of aromatic carboxylic acids is 1. The highest BCUT2D eigenvalue weighted by Gasteiger charge is 2.26. The van der Waals surface area contributed by atoms with Crippen molar-refractivity contribution < 1.29 is 24.2 Å². The molecule has 44 heavy (non-hydrogen) atoms. The van der Waals surface area contributed by atoms with Gasteiger partial charge in [0.25, 0.3) is 5.91 Å². The summed E-state index contributed by atoms with van der Waals surface area (Å²) >= 11 is 0. The molecular formula is C30H31N9O5. The number of carbonyl (C=O) groups excluding carboxylic acids is 2. The lowest BCUT2D eigenvalue weighted by atomic mass is 10.1. The van der Waals surface area contributed by atoms with Crippen molar-refractivity contribution in [2.24, 2.45) is 0 Å². The summed E-state index contributed by atoms with van der Waals surface area (Å²) in [7, 11) is 0. The van der Waals surface area contributed by atoms with Crippen LogP contribution in [0.3, 0.4) is 0 Å². The van der Waals surface area contributed by atoms with Crippen molar-refractivity contribution in [2.75, 3.05) is 41.7 Å². The molecule has 0 bridgehead atoms. The van der Waals surface area contributed by atoms with Crippen LogP contribution in [0.1, 0.15) is 41.5 Å². The molecule has 0 atom stereocenters. The first-order valence-electron chi connectivity index (χ1n) is 13.8. The van der Waals surface area contributed by atoms with Crippen LogP contribution in [0.2, 0.25) is 0 Å². The minimum absolute atomic E-state index is 0.0865. The topological polar surface area (TPSA) is 176 Å². The number of pyridine rings is 3. The largest absolute Gasteiger partial charge is 0.478 e. The zero-order valence-corrected chi connectivity index (χ0v) is 24.4. The Bertz CT molecular complexity index is 1670. The fraction of sp³-hybridized carbons (Fsp3) is 0.267. The maximum atomic E-state index is 13.1. The van der Waals surface area contributed by atoms with Crippen LogP contribution < -0.4 is 15.5 Å². The van der Waals surface area contributed by atoms with E-state index in [2.05, 4.69) is 35.5 Å². The normalized spacial score (nSPS) is 13.2. The molecule has 0 spiro atoms. The highest BCUT2D eigenvalue weighted by molar-refractivity contribution is 6.05. The third-order valence-corrected chi connectivity index (χ3v) is 6.45. The smallest absolute Gasteiger partial charge is 0.410 e. The molecule has 5 rings (SSSR count). The molecule has 4 aromatic rings. The number of amides is 2. The van der Waals surface area contributed by atoms with Crippen molar-refractivity contribution in [3.05, 3.63) is 78.6 Å². The monoisotopic (exact) mass is 597 g/mol. The maximum Gasteiger partial charge on any atom is 0.410 e. The Balaban J connectivity index is 1.39. The van der Waals surface area contributed by atoms with E-state index in [1.165, 1.54) is 30.9 Å². The molecule has 3 N–H and O–H groups in total. The molecule has 1 fully saturated rings. The van der Waals surface area contributed by atoms with E-state index in [1.54, 1.807) is 35.5 Å². The van der Waals surface area contributed by atoms with Gasteiger partial charge in [0.2, 0.25) is 0 Å². The van der Waals surface area contributed by atoms with Crippen LogP contribution >= 0.6 is 0 Å². The molecule has 0 radical (unpaired) electrons. The molecule has 1 aliphatic heterocycles. The minimum Gasteiger partial charge on any atom is -0.478 e. The summed E-state index contributed by atoms with van der Waals surface area (Å²) in [4.78, 5) is 62.1. The number of anilines is 4. The molecule has 4 aromatic heterocycles. The molecular weight excluding hydrogens is 566 g/mol. The first kappa shape index (κ1) is 29.8. The van der Waals surface area contributed by atoms with Gasteiger partial charge in [-0.3, -0.25) is 14.8 Å². The highest BCUT2D eigenvalue weighted by Crippen LogP contribution is 2.28. The standard InChI is InChI=1S/C30H31N9O5/c1-30(2,3)44-29(43)39-10-8-38(9-11-39)26-13-19(4-5-34-26)23-14-22(15-24(36-23)37-25-18-31-6-7-33-25)35-27(40)20-12-21(28(41)42)17-32-16-20/h4-7,12-18H,8-11H2,1-3H3,(H,41,42)(H2,33,35,36,37,40). The van der Waals surface area contributed by atoms with Gasteiger partial charge in [-0.25, -0.2) is 24.5 Å². The van der Waals surface area contributed by atoms with Crippen molar-refractivity contribution in [3.63, 3.8) is 0 Å². The molecule has 0 aliphatic carbocycles. The number of rotatable bonds is 7. The lowest BCUT2D eigenvalue weighted by Gasteiger charge is -2.36. The number of hydrogen-bond donors (Lipinski definition) is 3. The maximum absolute atomic E-state index is 13.1. The van der Waals surface area contributed by atoms with Crippen LogP contribution in [0.4, 0.5) is 27.9 Å². The number of piperazine rings is 1. The van der Waals surface area contributed by atoms with Crippen molar-refractivity contribution in [2.45, 2.75) is 26.4 Å². The van der Waals surface area contributed by atoms with E-state index in [0.717, 1.165) is 5.56 Å². The SMILES string of the molecule is CC(C)(C)OC(=O)N1CCN(c2cc(-c3cc(NC(=O)c4cncc(C(=O)O)c4)cc(Nc4cnccn4)n3)ccn2)CC1. The lowest BCUT2D eigenvalue weighted by Crippen LogP contribution is -2.50. The predicted octanol–water partition coefficient (Wildman–Crippen LogP) is 4.08. The molecule has 14 nitrogen and oxygen atoms in total. The molecule has 5 heterocycles. The fourth-order valence-corrected chi connectivity index (χ4v) is 4.39. The zero-order valence-electron chi connectivity index (χ0n) is 24.4. The number of carboxylic acid groups (broad SMARTS) is 1. The lowest BCUT2D eigenvalue weighted by molar-refractivity contribution is 0.0240. The Hall–Kier alpha value is -5.66. The molecule has 1 saturated heterocycles. The van der Waals surface area contributed by atoms with Gasteiger partial charge >= 0.3 is 12.1 Å². The molecule has 226 valence electrons. The van der Waals surface area contributed by atoms with Crippen molar-refractivity contribution >= 4 is 41.1 Å². The van der Waals surface area contributed by atoms with Crippen LogP contribution in [0, 0.1) is 0 Å². The van der Waals surface area contributed by atoms with Gasteiger partial charge in [-0.2, -0.15) is 0 Å². The summed E-state index contributed by atoms with van der Waals surface area (Å²) in [6.45, 7) is 7.65. The van der Waals surface area contributed by atoms with Gasteiger partial charge in [0.05, 0.1) is 23.0 Å². The van der Waals surface area contributed by atoms with Gasteiger partial charge < -0.3 is 30.3 Å². The van der Waals surface area contributed by atoms with E-state index in [1.807, 2.05) is 26.8 Å². The van der Waals surface area contributed by atoms with E-state index in [9.17, 15) is 19.5 Å². The first-order chi connectivity index (χ1) is 21.0. The third kappa shape index (κ3) is 7.59. The van der Waals surface area contributed by atoms with Gasteiger partial charge in [-0.05, 0) is 45.0 Å². The van der Waals surface area contributed by atoms with E-state index >= 15 is 0 Å². The number of ether oxygens (including phenoxy) is 1. The summed E-state index contributed by atoms with van der Waals surface area (Å²) < 4.78 is 5.50. The van der Waals surface area contributed by atoms with Gasteiger partial charge in [-0.15, -0.1) is 0 Å². The highest BCUT2D eigenvalue weighted by atomic mass is 16.6. The first-order valence-corrected chi connectivity index (χ1v) is 13.8. The number of nitrogens with zero attached hydrogens (tertiary/aromatic N) is 7. The number of carbonyl (C=O) groups is 3. The van der Waals surface area contributed by atoms with Crippen LogP contribution in [0.5, 0.6) is 0 Å². The summed E-state index contributed by atoms with van der Waals surface area (Å²) in [6, 6.07) is 8.28. The summed E-state index contributed by atoms with van der Waals surface area (Å²) in [6.07, 6.45) is 8.43. The quantitative estimate of drug-likeness (QED) is 0.279. The number of carboxylic acids is 1. The Morgan fingerprint density at radius 3 is 2.34 bits per heavy atom. The Labute approximate surface area is 253 Å². The summed E-state index contributed by atoms with van der Waals surface area (Å²) in [5.41, 5.74) is 1.08. The molecule has 14 heteroatoms. The Morgan fingerprint density at radius 1 is 0.864 bits per heavy atom. The number of hydrogen-bond acceptors (Lipinski definition) is 11. The molecule has 0 unspecified atom stereocenters. The Morgan fingerprint density at radius 2 is 1.64 bits per heavy atom. The van der Waals surface area contributed by atoms with Gasteiger partial charge in [0, 0.05) is 74.5 Å². The van der Waals surface area contributed by atoms with E-state index in [4.69, 9.17) is 9.72 Å². The summed E-state index contributed by atoms with van der Waals surface area (Å²) in [5.74, 6) is -0.177. The number of nitrogens with one attached hydrogen (secondary N) is 2. The molecule has 0 aromatic carbocycles. The average Bonchev–Trinajstić information content (AvgIpc) is 3.01. The van der Waals surface area contributed by atoms with Crippen molar-refractivity contribution in [1.82, 2.24) is 29.8 Å². The van der Waals surface area contributed by atoms with Gasteiger partial charge in [0.15, 0.2) is 0 Å². The van der Waals surface area contributed by atoms with E-state index in [0.29, 0.717) is 55.0 Å². The van der Waals surface area contributed by atoms with Crippen LogP contribution in [-0.4, -0.2) is 84.7 Å². The van der Waals surface area contributed by atoms with Crippen molar-refractivity contribution in [3.8, 4) is 11.3 Å². The minimum atomic E-state index is -1.19.